The number of nitrogens with zero attached hydrogens (tertiary/aromatic N) is 1. The van der Waals surface area contributed by atoms with Gasteiger partial charge in [0.05, 0.1) is 12.7 Å². The summed E-state index contributed by atoms with van der Waals surface area (Å²) < 4.78 is 17.3. The van der Waals surface area contributed by atoms with Gasteiger partial charge in [-0.2, -0.15) is 0 Å². The minimum absolute atomic E-state index is 0.0195. The molecule has 0 aromatic carbocycles. The Morgan fingerprint density at radius 1 is 1.38 bits per heavy atom. The molecule has 0 aromatic heterocycles. The van der Waals surface area contributed by atoms with Crippen LogP contribution in [0.15, 0.2) is 0 Å². The second kappa shape index (κ2) is 7.58. The maximum absolute atomic E-state index is 12.4. The van der Waals surface area contributed by atoms with E-state index in [-0.39, 0.29) is 24.7 Å². The highest BCUT2D eigenvalue weighted by Crippen LogP contribution is 2.37. The van der Waals surface area contributed by atoms with Crippen LogP contribution in [0.4, 0.5) is 4.79 Å². The Bertz CT molecular complexity index is 432. The number of aliphatic hydroxyl groups is 1. The standard InChI is InChI=1S/C18H33NO5/c1-17(2,3)24-16(21)19-9-8-13(7-6-10-20)14(11-19)15-12-22-18(4,5)23-15/h13-15,20H,6-12H2,1-5H3/t13-,14+,15?/m1/s1. The van der Waals surface area contributed by atoms with Gasteiger partial charge in [0.25, 0.3) is 0 Å². The van der Waals surface area contributed by atoms with E-state index in [1.54, 1.807) is 4.90 Å². The highest BCUT2D eigenvalue weighted by molar-refractivity contribution is 5.68. The molecule has 2 fully saturated rings. The molecule has 2 rings (SSSR count). The lowest BCUT2D eigenvalue weighted by atomic mass is 9.79. The summed E-state index contributed by atoms with van der Waals surface area (Å²) in [6.45, 7) is 11.6. The van der Waals surface area contributed by atoms with Crippen molar-refractivity contribution >= 4 is 6.09 Å². The Morgan fingerprint density at radius 3 is 2.62 bits per heavy atom. The molecule has 2 aliphatic rings. The van der Waals surface area contributed by atoms with E-state index in [2.05, 4.69) is 0 Å². The van der Waals surface area contributed by atoms with Crippen LogP contribution >= 0.6 is 0 Å². The molecule has 0 radical (unpaired) electrons. The van der Waals surface area contributed by atoms with Crippen molar-refractivity contribution in [2.75, 3.05) is 26.3 Å². The molecule has 6 nitrogen and oxygen atoms in total. The molecule has 2 heterocycles. The lowest BCUT2D eigenvalue weighted by Crippen LogP contribution is -2.49. The molecule has 1 unspecified atom stereocenters. The van der Waals surface area contributed by atoms with Crippen molar-refractivity contribution in [1.29, 1.82) is 0 Å². The van der Waals surface area contributed by atoms with Gasteiger partial charge in [-0.3, -0.25) is 0 Å². The minimum Gasteiger partial charge on any atom is -0.444 e. The van der Waals surface area contributed by atoms with Crippen molar-refractivity contribution < 1.29 is 24.1 Å². The zero-order chi connectivity index (χ0) is 18.0. The number of hydrogen-bond acceptors (Lipinski definition) is 5. The van der Waals surface area contributed by atoms with Gasteiger partial charge in [0, 0.05) is 25.6 Å². The van der Waals surface area contributed by atoms with Crippen LogP contribution in [-0.4, -0.2) is 59.9 Å². The monoisotopic (exact) mass is 343 g/mol. The quantitative estimate of drug-likeness (QED) is 0.850. The highest BCUT2D eigenvalue weighted by Gasteiger charge is 2.43. The average Bonchev–Trinajstić information content (AvgIpc) is 2.83. The summed E-state index contributed by atoms with van der Waals surface area (Å²) in [4.78, 5) is 14.2. The first-order chi connectivity index (χ1) is 11.1. The first-order valence-corrected chi connectivity index (χ1v) is 9.02. The lowest BCUT2D eigenvalue weighted by molar-refractivity contribution is -0.150. The van der Waals surface area contributed by atoms with Gasteiger partial charge in [-0.1, -0.05) is 0 Å². The molecule has 3 atom stereocenters. The van der Waals surface area contributed by atoms with E-state index in [0.717, 1.165) is 19.3 Å². The van der Waals surface area contributed by atoms with Crippen LogP contribution < -0.4 is 0 Å². The zero-order valence-electron chi connectivity index (χ0n) is 15.7. The first kappa shape index (κ1) is 19.5. The Balaban J connectivity index is 2.04. The molecule has 0 aromatic rings. The van der Waals surface area contributed by atoms with Crippen molar-refractivity contribution in [3.8, 4) is 0 Å². The van der Waals surface area contributed by atoms with Gasteiger partial charge >= 0.3 is 6.09 Å². The Kier molecular flexibility index (Phi) is 6.15. The van der Waals surface area contributed by atoms with Crippen molar-refractivity contribution in [2.45, 2.75) is 71.4 Å². The lowest BCUT2D eigenvalue weighted by Gasteiger charge is -2.41. The molecule has 0 spiro atoms. The number of likely N-dealkylation sites (tertiary alicyclic amines) is 1. The van der Waals surface area contributed by atoms with Gasteiger partial charge < -0.3 is 24.2 Å². The summed E-state index contributed by atoms with van der Waals surface area (Å²) >= 11 is 0. The molecule has 1 N–H and O–H groups in total. The van der Waals surface area contributed by atoms with Crippen LogP contribution in [0, 0.1) is 11.8 Å². The molecule has 0 bridgehead atoms. The van der Waals surface area contributed by atoms with Crippen molar-refractivity contribution in [3.05, 3.63) is 0 Å². The molecule has 140 valence electrons. The number of carbonyl (C=O) groups excluding carboxylic acids is 1. The Labute approximate surface area is 145 Å². The summed E-state index contributed by atoms with van der Waals surface area (Å²) in [7, 11) is 0. The predicted molar refractivity (Wildman–Crippen MR) is 90.6 cm³/mol. The molecule has 2 aliphatic heterocycles. The number of ether oxygens (including phenoxy) is 3. The zero-order valence-corrected chi connectivity index (χ0v) is 15.7. The second-order valence-corrected chi connectivity index (χ2v) is 8.37. The normalized spacial score (nSPS) is 30.4. The van der Waals surface area contributed by atoms with E-state index in [9.17, 15) is 4.79 Å². The van der Waals surface area contributed by atoms with Crippen molar-refractivity contribution in [2.24, 2.45) is 11.8 Å². The fourth-order valence-corrected chi connectivity index (χ4v) is 3.58. The number of amides is 1. The summed E-state index contributed by atoms with van der Waals surface area (Å²) in [6, 6.07) is 0. The topological polar surface area (TPSA) is 68.2 Å². The van der Waals surface area contributed by atoms with E-state index in [0.29, 0.717) is 25.6 Å². The number of rotatable bonds is 4. The maximum atomic E-state index is 12.4. The van der Waals surface area contributed by atoms with Crippen molar-refractivity contribution in [3.63, 3.8) is 0 Å². The number of carbonyl (C=O) groups is 1. The molecular weight excluding hydrogens is 310 g/mol. The van der Waals surface area contributed by atoms with E-state index >= 15 is 0 Å². The smallest absolute Gasteiger partial charge is 0.410 e. The van der Waals surface area contributed by atoms with Gasteiger partial charge in [0.2, 0.25) is 0 Å². The van der Waals surface area contributed by atoms with Gasteiger partial charge in [0.15, 0.2) is 5.79 Å². The number of piperidine rings is 1. The van der Waals surface area contributed by atoms with E-state index in [4.69, 9.17) is 19.3 Å². The van der Waals surface area contributed by atoms with Crippen LogP contribution in [0.25, 0.3) is 0 Å². The van der Waals surface area contributed by atoms with E-state index < -0.39 is 11.4 Å². The van der Waals surface area contributed by atoms with Crippen LogP contribution in [0.1, 0.15) is 53.9 Å². The largest absolute Gasteiger partial charge is 0.444 e. The predicted octanol–water partition coefficient (Wildman–Crippen LogP) is 2.78. The average molecular weight is 343 g/mol. The second-order valence-electron chi connectivity index (χ2n) is 8.37. The fourth-order valence-electron chi connectivity index (χ4n) is 3.58. The third-order valence-electron chi connectivity index (χ3n) is 4.70. The minimum atomic E-state index is -0.569. The molecule has 6 heteroatoms. The molecule has 1 amide bonds. The molecular formula is C18H33NO5. The van der Waals surface area contributed by atoms with E-state index in [1.807, 2.05) is 34.6 Å². The molecule has 2 saturated heterocycles. The third kappa shape index (κ3) is 5.33. The van der Waals surface area contributed by atoms with Gasteiger partial charge in [-0.15, -0.1) is 0 Å². The summed E-state index contributed by atoms with van der Waals surface area (Å²) in [5, 5.41) is 9.16. The van der Waals surface area contributed by atoms with Crippen molar-refractivity contribution in [1.82, 2.24) is 4.90 Å². The maximum Gasteiger partial charge on any atom is 0.410 e. The van der Waals surface area contributed by atoms with Crippen LogP contribution in [0.3, 0.4) is 0 Å². The fraction of sp³-hybridized carbons (Fsp3) is 0.944. The van der Waals surface area contributed by atoms with Gasteiger partial charge in [-0.05, 0) is 59.8 Å². The molecule has 0 aliphatic carbocycles. The van der Waals surface area contributed by atoms with Crippen LogP contribution in [0.5, 0.6) is 0 Å². The molecule has 0 saturated carbocycles. The van der Waals surface area contributed by atoms with Gasteiger partial charge in [0.1, 0.15) is 5.60 Å². The van der Waals surface area contributed by atoms with Crippen LogP contribution in [-0.2, 0) is 14.2 Å². The number of aliphatic hydroxyl groups excluding tert-OH is 1. The van der Waals surface area contributed by atoms with E-state index in [1.165, 1.54) is 0 Å². The van der Waals surface area contributed by atoms with Crippen LogP contribution in [0.2, 0.25) is 0 Å². The highest BCUT2D eigenvalue weighted by atomic mass is 16.7. The number of hydrogen-bond donors (Lipinski definition) is 1. The summed E-state index contributed by atoms with van der Waals surface area (Å²) in [5.41, 5.74) is -0.491. The third-order valence-corrected chi connectivity index (χ3v) is 4.70. The first-order valence-electron chi connectivity index (χ1n) is 9.02. The SMILES string of the molecule is CC(C)(C)OC(=O)N1CC[C@@H](CCCO)[C@@H](C2COC(C)(C)O2)C1. The van der Waals surface area contributed by atoms with Gasteiger partial charge in [-0.25, -0.2) is 4.79 Å². The Morgan fingerprint density at radius 2 is 2.08 bits per heavy atom. The Hall–Kier alpha value is -0.850. The summed E-state index contributed by atoms with van der Waals surface area (Å²) in [6.07, 6.45) is 2.36. The molecule has 24 heavy (non-hydrogen) atoms. The summed E-state index contributed by atoms with van der Waals surface area (Å²) in [5.74, 6) is 0.0679.